The van der Waals surface area contributed by atoms with Crippen LogP contribution in [-0.4, -0.2) is 85.0 Å². The molecule has 0 atom stereocenters. The highest BCUT2D eigenvalue weighted by atomic mass is 16.5. The Balaban J connectivity index is 1.39. The monoisotopic (exact) mass is 428 g/mol. The Hall–Kier alpha value is -2.61. The fourth-order valence-electron chi connectivity index (χ4n) is 5.04. The minimum atomic E-state index is -0.840. The number of methoxy groups -OCH3 is 1. The van der Waals surface area contributed by atoms with Gasteiger partial charge in [0.15, 0.2) is 0 Å². The van der Waals surface area contributed by atoms with E-state index in [4.69, 9.17) is 4.74 Å². The zero-order valence-corrected chi connectivity index (χ0v) is 18.4. The van der Waals surface area contributed by atoms with Crippen molar-refractivity contribution in [3.8, 4) is 5.75 Å². The van der Waals surface area contributed by atoms with Crippen LogP contribution < -0.4 is 10.1 Å². The van der Waals surface area contributed by atoms with E-state index in [0.29, 0.717) is 25.9 Å². The van der Waals surface area contributed by atoms with E-state index in [1.54, 1.807) is 12.0 Å². The number of carbonyl (C=O) groups excluding carboxylic acids is 3. The van der Waals surface area contributed by atoms with Crippen LogP contribution in [0.5, 0.6) is 5.75 Å². The molecule has 3 aliphatic heterocycles. The summed E-state index contributed by atoms with van der Waals surface area (Å²) >= 11 is 0. The second-order valence-electron chi connectivity index (χ2n) is 8.95. The standard InChI is InChI=1S/C23H32N4O4/c1-25-11-7-18(8-12-25)21(29)26-13-9-23(10-14-26)22(30)24-16-27(23)20(28)15-17-3-5-19(31-2)6-4-17/h3-6,18H,7-16H2,1-2H3,(H,24,30). The van der Waals surface area contributed by atoms with Crippen LogP contribution in [0.15, 0.2) is 24.3 Å². The summed E-state index contributed by atoms with van der Waals surface area (Å²) in [5, 5.41) is 2.86. The van der Waals surface area contributed by atoms with Crippen molar-refractivity contribution in [3.63, 3.8) is 0 Å². The summed E-state index contributed by atoms with van der Waals surface area (Å²) in [7, 11) is 3.69. The molecule has 8 nitrogen and oxygen atoms in total. The number of likely N-dealkylation sites (tertiary alicyclic amines) is 2. The molecular weight excluding hydrogens is 396 g/mol. The molecule has 168 valence electrons. The first-order valence-electron chi connectivity index (χ1n) is 11.1. The van der Waals surface area contributed by atoms with Gasteiger partial charge in [-0.3, -0.25) is 14.4 Å². The number of amides is 3. The maximum atomic E-state index is 13.1. The minimum absolute atomic E-state index is 0.0707. The maximum Gasteiger partial charge on any atom is 0.247 e. The zero-order chi connectivity index (χ0) is 22.0. The fourth-order valence-corrected chi connectivity index (χ4v) is 5.04. The molecule has 1 aromatic carbocycles. The van der Waals surface area contributed by atoms with Crippen LogP contribution in [0.3, 0.4) is 0 Å². The second kappa shape index (κ2) is 8.86. The largest absolute Gasteiger partial charge is 0.497 e. The molecule has 0 saturated carbocycles. The third-order valence-corrected chi connectivity index (χ3v) is 7.12. The van der Waals surface area contributed by atoms with Gasteiger partial charge >= 0.3 is 0 Å². The molecule has 1 spiro atoms. The van der Waals surface area contributed by atoms with Crippen LogP contribution in [-0.2, 0) is 20.8 Å². The molecule has 3 amide bonds. The van der Waals surface area contributed by atoms with Gasteiger partial charge in [-0.05, 0) is 63.5 Å². The summed E-state index contributed by atoms with van der Waals surface area (Å²) in [6.07, 6.45) is 3.00. The highest BCUT2D eigenvalue weighted by Gasteiger charge is 2.52. The van der Waals surface area contributed by atoms with Crippen molar-refractivity contribution in [1.29, 1.82) is 0 Å². The third kappa shape index (κ3) is 4.26. The number of hydrogen-bond acceptors (Lipinski definition) is 5. The van der Waals surface area contributed by atoms with Crippen LogP contribution in [0.1, 0.15) is 31.2 Å². The molecule has 3 saturated heterocycles. The summed E-state index contributed by atoms with van der Waals surface area (Å²) in [5.74, 6) is 0.862. The quantitative estimate of drug-likeness (QED) is 0.769. The maximum absolute atomic E-state index is 13.1. The number of rotatable bonds is 4. The Morgan fingerprint density at radius 3 is 2.35 bits per heavy atom. The van der Waals surface area contributed by atoms with E-state index in [0.717, 1.165) is 37.2 Å². The molecule has 31 heavy (non-hydrogen) atoms. The average molecular weight is 429 g/mol. The number of carbonyl (C=O) groups is 3. The molecule has 4 rings (SSSR count). The van der Waals surface area contributed by atoms with Crippen molar-refractivity contribution in [3.05, 3.63) is 29.8 Å². The molecule has 3 heterocycles. The van der Waals surface area contributed by atoms with Gasteiger partial charge in [-0.2, -0.15) is 0 Å². The number of hydrogen-bond donors (Lipinski definition) is 1. The number of ether oxygens (including phenoxy) is 1. The van der Waals surface area contributed by atoms with Gasteiger partial charge in [0.25, 0.3) is 0 Å². The van der Waals surface area contributed by atoms with E-state index in [-0.39, 0.29) is 36.7 Å². The van der Waals surface area contributed by atoms with Crippen LogP contribution in [0.2, 0.25) is 0 Å². The Labute approximate surface area is 183 Å². The lowest BCUT2D eigenvalue weighted by Crippen LogP contribution is -2.59. The lowest BCUT2D eigenvalue weighted by molar-refractivity contribution is -0.147. The van der Waals surface area contributed by atoms with E-state index in [1.807, 2.05) is 29.2 Å². The first-order chi connectivity index (χ1) is 14.9. The van der Waals surface area contributed by atoms with E-state index in [1.165, 1.54) is 0 Å². The predicted molar refractivity (Wildman–Crippen MR) is 115 cm³/mol. The molecule has 0 radical (unpaired) electrons. The molecule has 1 aromatic rings. The first-order valence-corrected chi connectivity index (χ1v) is 11.1. The lowest BCUT2D eigenvalue weighted by Gasteiger charge is -2.43. The summed E-state index contributed by atoms with van der Waals surface area (Å²) < 4.78 is 5.17. The number of nitrogens with zero attached hydrogens (tertiary/aromatic N) is 3. The van der Waals surface area contributed by atoms with Gasteiger partial charge in [-0.15, -0.1) is 0 Å². The van der Waals surface area contributed by atoms with Crippen molar-refractivity contribution >= 4 is 17.7 Å². The van der Waals surface area contributed by atoms with Crippen LogP contribution in [0, 0.1) is 5.92 Å². The summed E-state index contributed by atoms with van der Waals surface area (Å²) in [6.45, 7) is 3.17. The normalized spacial score (nSPS) is 21.9. The van der Waals surface area contributed by atoms with Gasteiger partial charge in [-0.1, -0.05) is 12.1 Å². The van der Waals surface area contributed by atoms with Gasteiger partial charge in [0, 0.05) is 19.0 Å². The molecule has 0 aromatic heterocycles. The number of benzene rings is 1. The fraction of sp³-hybridized carbons (Fsp3) is 0.609. The molecule has 0 aliphatic carbocycles. The van der Waals surface area contributed by atoms with E-state index in [2.05, 4.69) is 17.3 Å². The second-order valence-corrected chi connectivity index (χ2v) is 8.95. The SMILES string of the molecule is COc1ccc(CC(=O)N2CNC(=O)C23CCN(C(=O)C2CCN(C)CC2)CC3)cc1. The summed E-state index contributed by atoms with van der Waals surface area (Å²) in [6, 6.07) is 7.41. The molecule has 3 aliphatic rings. The molecule has 0 bridgehead atoms. The number of piperidine rings is 2. The Morgan fingerprint density at radius 2 is 1.74 bits per heavy atom. The van der Waals surface area contributed by atoms with Gasteiger partial charge in [0.05, 0.1) is 20.2 Å². The van der Waals surface area contributed by atoms with E-state index >= 15 is 0 Å². The Morgan fingerprint density at radius 1 is 1.10 bits per heavy atom. The van der Waals surface area contributed by atoms with E-state index < -0.39 is 5.54 Å². The molecule has 0 unspecified atom stereocenters. The third-order valence-electron chi connectivity index (χ3n) is 7.12. The average Bonchev–Trinajstić information content (AvgIpc) is 3.10. The van der Waals surface area contributed by atoms with Crippen molar-refractivity contribution in [2.75, 3.05) is 47.0 Å². The van der Waals surface area contributed by atoms with Gasteiger partial charge in [0.2, 0.25) is 17.7 Å². The van der Waals surface area contributed by atoms with Crippen molar-refractivity contribution < 1.29 is 19.1 Å². The van der Waals surface area contributed by atoms with E-state index in [9.17, 15) is 14.4 Å². The van der Waals surface area contributed by atoms with Crippen LogP contribution in [0.25, 0.3) is 0 Å². The van der Waals surface area contributed by atoms with Gasteiger partial charge in [-0.25, -0.2) is 0 Å². The summed E-state index contributed by atoms with van der Waals surface area (Å²) in [5.41, 5.74) is 0.0443. The van der Waals surface area contributed by atoms with Crippen LogP contribution >= 0.6 is 0 Å². The van der Waals surface area contributed by atoms with Crippen molar-refractivity contribution in [2.45, 2.75) is 37.6 Å². The minimum Gasteiger partial charge on any atom is -0.497 e. The molecule has 1 N–H and O–H groups in total. The predicted octanol–water partition coefficient (Wildman–Crippen LogP) is 0.857. The van der Waals surface area contributed by atoms with Crippen molar-refractivity contribution in [1.82, 2.24) is 20.0 Å². The topological polar surface area (TPSA) is 82.2 Å². The number of nitrogens with one attached hydrogen (secondary N) is 1. The zero-order valence-electron chi connectivity index (χ0n) is 18.4. The highest BCUT2D eigenvalue weighted by Crippen LogP contribution is 2.34. The first kappa shape index (κ1) is 21.6. The van der Waals surface area contributed by atoms with Gasteiger partial charge in [0.1, 0.15) is 11.3 Å². The molecule has 8 heteroatoms. The van der Waals surface area contributed by atoms with Gasteiger partial charge < -0.3 is 24.8 Å². The summed E-state index contributed by atoms with van der Waals surface area (Å²) in [4.78, 5) is 44.7. The van der Waals surface area contributed by atoms with Crippen molar-refractivity contribution in [2.24, 2.45) is 5.92 Å². The Bertz CT molecular complexity index is 824. The Kier molecular flexibility index (Phi) is 6.18. The lowest BCUT2D eigenvalue weighted by atomic mass is 9.84. The highest BCUT2D eigenvalue weighted by molar-refractivity contribution is 5.95. The smallest absolute Gasteiger partial charge is 0.247 e. The molecule has 3 fully saturated rings. The van der Waals surface area contributed by atoms with Crippen LogP contribution in [0.4, 0.5) is 0 Å². The molecular formula is C23H32N4O4.